The molecule has 1 aliphatic heterocycles. The molecule has 0 aromatic rings. The zero-order valence-corrected chi connectivity index (χ0v) is 14.6. The highest BCUT2D eigenvalue weighted by Gasteiger charge is 2.32. The largest absolute Gasteiger partial charge is 0.379 e. The number of aliphatic imine (C=N–C) groups is 1. The predicted molar refractivity (Wildman–Crippen MR) is 87.7 cm³/mol. The zero-order valence-electron chi connectivity index (χ0n) is 14.6. The van der Waals surface area contributed by atoms with Crippen LogP contribution in [0.3, 0.4) is 0 Å². The van der Waals surface area contributed by atoms with Crippen molar-refractivity contribution < 1.29 is 0 Å². The summed E-state index contributed by atoms with van der Waals surface area (Å²) in [6, 6.07) is 0.789. The van der Waals surface area contributed by atoms with Crippen LogP contribution in [0.1, 0.15) is 62.3 Å². The van der Waals surface area contributed by atoms with E-state index in [1.807, 2.05) is 0 Å². The Hall–Kier alpha value is -1.19. The lowest BCUT2D eigenvalue weighted by Crippen LogP contribution is -2.53. The maximum Gasteiger partial charge on any atom is 0.149 e. The molecule has 0 spiro atoms. The Labute approximate surface area is 124 Å². The minimum Gasteiger partial charge on any atom is -0.379 e. The Morgan fingerprint density at radius 3 is 2.10 bits per heavy atom. The second-order valence-corrected chi connectivity index (χ2v) is 7.67. The van der Waals surface area contributed by atoms with Gasteiger partial charge >= 0.3 is 0 Å². The van der Waals surface area contributed by atoms with Gasteiger partial charge in [0.15, 0.2) is 0 Å². The minimum absolute atomic E-state index is 0.00728. The highest BCUT2D eigenvalue weighted by molar-refractivity contribution is 5.99. The summed E-state index contributed by atoms with van der Waals surface area (Å²) in [6.45, 7) is 19.5. The molecule has 2 N–H and O–H groups in total. The van der Waals surface area contributed by atoms with Crippen LogP contribution in [0.4, 0.5) is 0 Å². The lowest BCUT2D eigenvalue weighted by molar-refractivity contribution is 0.148. The van der Waals surface area contributed by atoms with Crippen LogP contribution in [-0.2, 0) is 0 Å². The first-order valence-electron chi connectivity index (χ1n) is 7.57. The molecule has 1 heterocycles. The molecule has 0 saturated heterocycles. The monoisotopic (exact) mass is 280 g/mol. The van der Waals surface area contributed by atoms with Crippen LogP contribution < -0.4 is 10.6 Å². The normalized spacial score (nSPS) is 19.1. The molecule has 4 heteroatoms. The van der Waals surface area contributed by atoms with Crippen LogP contribution in [0.25, 0.3) is 0 Å². The van der Waals surface area contributed by atoms with E-state index in [9.17, 15) is 0 Å². The van der Waals surface area contributed by atoms with Gasteiger partial charge in [-0.15, -0.1) is 0 Å². The molecular formula is C16H32N4. The van der Waals surface area contributed by atoms with Gasteiger partial charge in [-0.05, 0) is 62.3 Å². The molecule has 0 bridgehead atoms. The van der Waals surface area contributed by atoms with E-state index in [0.717, 1.165) is 11.5 Å². The summed E-state index contributed by atoms with van der Waals surface area (Å²) < 4.78 is 0. The average Bonchev–Trinajstić information content (AvgIpc) is 2.17. The summed E-state index contributed by atoms with van der Waals surface area (Å²) in [4.78, 5) is 7.23. The lowest BCUT2D eigenvalue weighted by atomic mass is 10.1. The number of hydrogen-bond acceptors (Lipinski definition) is 4. The summed E-state index contributed by atoms with van der Waals surface area (Å²) in [7, 11) is 0. The first-order chi connectivity index (χ1) is 8.92. The van der Waals surface area contributed by atoms with Gasteiger partial charge in [-0.25, -0.2) is 4.99 Å². The summed E-state index contributed by atoms with van der Waals surface area (Å²) in [5, 5.41) is 7.02. The molecule has 0 fully saturated rings. The molecule has 0 aromatic carbocycles. The minimum atomic E-state index is -0.232. The van der Waals surface area contributed by atoms with E-state index in [-0.39, 0.29) is 11.2 Å². The molecule has 0 aliphatic carbocycles. The van der Waals surface area contributed by atoms with Crippen molar-refractivity contribution >= 4 is 5.84 Å². The maximum absolute atomic E-state index is 4.94. The maximum atomic E-state index is 4.94. The van der Waals surface area contributed by atoms with E-state index >= 15 is 0 Å². The van der Waals surface area contributed by atoms with Gasteiger partial charge in [-0.1, -0.05) is 0 Å². The van der Waals surface area contributed by atoms with Crippen molar-refractivity contribution in [3.63, 3.8) is 0 Å². The topological polar surface area (TPSA) is 39.7 Å². The SMILES string of the molecule is CC(C)NC1=CN(C(C)C)C(C)(C)N=C1NC(C)(C)C. The number of hydrogen-bond donors (Lipinski definition) is 2. The van der Waals surface area contributed by atoms with Crippen molar-refractivity contribution in [1.29, 1.82) is 0 Å². The van der Waals surface area contributed by atoms with E-state index < -0.39 is 0 Å². The molecule has 0 unspecified atom stereocenters. The summed E-state index contributed by atoms with van der Waals surface area (Å²) in [6.07, 6.45) is 2.20. The summed E-state index contributed by atoms with van der Waals surface area (Å²) in [5.74, 6) is 0.952. The van der Waals surface area contributed by atoms with Crippen LogP contribution in [0.5, 0.6) is 0 Å². The first-order valence-corrected chi connectivity index (χ1v) is 7.57. The van der Waals surface area contributed by atoms with Crippen molar-refractivity contribution in [2.75, 3.05) is 0 Å². The number of nitrogens with zero attached hydrogens (tertiary/aromatic N) is 2. The zero-order chi connectivity index (χ0) is 15.7. The molecule has 0 amide bonds. The van der Waals surface area contributed by atoms with Crippen molar-refractivity contribution in [2.45, 2.75) is 85.6 Å². The Bertz CT molecular complexity index is 397. The molecule has 116 valence electrons. The second kappa shape index (κ2) is 5.66. The fourth-order valence-electron chi connectivity index (χ4n) is 2.40. The van der Waals surface area contributed by atoms with Crippen LogP contribution in [-0.4, -0.2) is 34.0 Å². The van der Waals surface area contributed by atoms with Gasteiger partial charge < -0.3 is 15.5 Å². The van der Waals surface area contributed by atoms with E-state index in [4.69, 9.17) is 4.99 Å². The van der Waals surface area contributed by atoms with Gasteiger partial charge in [0.1, 0.15) is 11.5 Å². The van der Waals surface area contributed by atoms with Crippen LogP contribution in [0.2, 0.25) is 0 Å². The number of nitrogens with one attached hydrogen (secondary N) is 2. The van der Waals surface area contributed by atoms with Crippen molar-refractivity contribution in [3.05, 3.63) is 11.9 Å². The van der Waals surface area contributed by atoms with Gasteiger partial charge in [-0.3, -0.25) is 0 Å². The Balaban J connectivity index is 3.14. The number of rotatable bonds is 3. The molecule has 4 nitrogen and oxygen atoms in total. The van der Waals surface area contributed by atoms with Crippen LogP contribution in [0, 0.1) is 0 Å². The van der Waals surface area contributed by atoms with Gasteiger partial charge in [0.2, 0.25) is 0 Å². The smallest absolute Gasteiger partial charge is 0.149 e. The second-order valence-electron chi connectivity index (χ2n) is 7.67. The van der Waals surface area contributed by atoms with E-state index in [1.165, 1.54) is 0 Å². The first kappa shape index (κ1) is 16.9. The molecule has 20 heavy (non-hydrogen) atoms. The third-order valence-electron chi connectivity index (χ3n) is 3.03. The van der Waals surface area contributed by atoms with Crippen molar-refractivity contribution in [1.82, 2.24) is 15.5 Å². The summed E-state index contributed by atoms with van der Waals surface area (Å²) >= 11 is 0. The van der Waals surface area contributed by atoms with Crippen LogP contribution >= 0.6 is 0 Å². The highest BCUT2D eigenvalue weighted by Crippen LogP contribution is 2.26. The molecule has 1 aliphatic rings. The van der Waals surface area contributed by atoms with Crippen molar-refractivity contribution in [3.8, 4) is 0 Å². The third kappa shape index (κ3) is 4.43. The van der Waals surface area contributed by atoms with Gasteiger partial charge in [0.25, 0.3) is 0 Å². The Morgan fingerprint density at radius 2 is 1.70 bits per heavy atom. The number of amidine groups is 1. The standard InChI is InChI=1S/C16H32N4/c1-11(2)17-13-10-20(12(3)4)16(8,9)19-14(13)18-15(5,6)7/h10-12,17H,1-9H3,(H,18,19). The summed E-state index contributed by atoms with van der Waals surface area (Å²) in [5.41, 5.74) is 0.833. The van der Waals surface area contributed by atoms with E-state index in [0.29, 0.717) is 12.1 Å². The van der Waals surface area contributed by atoms with Gasteiger partial charge in [-0.2, -0.15) is 0 Å². The van der Waals surface area contributed by atoms with Gasteiger partial charge in [0.05, 0.1) is 5.70 Å². The predicted octanol–water partition coefficient (Wildman–Crippen LogP) is 3.07. The molecule has 1 rings (SSSR count). The fourth-order valence-corrected chi connectivity index (χ4v) is 2.40. The lowest BCUT2D eigenvalue weighted by Gasteiger charge is -2.43. The third-order valence-corrected chi connectivity index (χ3v) is 3.03. The Kier molecular flexibility index (Phi) is 4.78. The molecule has 0 saturated carbocycles. The van der Waals surface area contributed by atoms with Crippen LogP contribution in [0.15, 0.2) is 16.9 Å². The van der Waals surface area contributed by atoms with Crippen molar-refractivity contribution in [2.24, 2.45) is 4.99 Å². The van der Waals surface area contributed by atoms with Gasteiger partial charge in [0, 0.05) is 23.8 Å². The molecular weight excluding hydrogens is 248 g/mol. The highest BCUT2D eigenvalue weighted by atomic mass is 15.3. The fraction of sp³-hybridized carbons (Fsp3) is 0.812. The molecule has 0 radical (unpaired) electrons. The van der Waals surface area contributed by atoms with E-state index in [2.05, 4.69) is 84.0 Å². The quantitative estimate of drug-likeness (QED) is 0.834. The average molecular weight is 280 g/mol. The molecule has 0 atom stereocenters. The Morgan fingerprint density at radius 1 is 1.15 bits per heavy atom. The molecule has 0 aromatic heterocycles. The van der Waals surface area contributed by atoms with E-state index in [1.54, 1.807) is 0 Å².